The molecule has 1 aliphatic heterocycles. The minimum atomic E-state index is 0.675. The number of thioether (sulfide) groups is 1. The van der Waals surface area contributed by atoms with Crippen LogP contribution in [0.4, 0.5) is 0 Å². The summed E-state index contributed by atoms with van der Waals surface area (Å²) < 4.78 is 0. The van der Waals surface area contributed by atoms with Crippen molar-refractivity contribution < 1.29 is 0 Å². The molecule has 0 unspecified atom stereocenters. The standard InChI is InChI=1S/C15H27N5S/c1-12-18-14(20-19-12)21-11-10-17-13-2-4-15(5-3-13)6-8-16-9-7-15/h13,16-17H,2-11H2,1H3,(H,18,19,20). The Balaban J connectivity index is 1.32. The molecule has 1 aliphatic carbocycles. The zero-order chi connectivity index (χ0) is 14.5. The molecule has 6 heteroatoms. The first-order chi connectivity index (χ1) is 10.3. The van der Waals surface area contributed by atoms with Gasteiger partial charge < -0.3 is 10.6 Å². The van der Waals surface area contributed by atoms with Crippen molar-refractivity contribution in [1.29, 1.82) is 0 Å². The summed E-state index contributed by atoms with van der Waals surface area (Å²) >= 11 is 1.73. The molecule has 5 nitrogen and oxygen atoms in total. The van der Waals surface area contributed by atoms with Crippen LogP contribution in [0, 0.1) is 12.3 Å². The van der Waals surface area contributed by atoms with Gasteiger partial charge in [-0.15, -0.1) is 5.10 Å². The monoisotopic (exact) mass is 309 g/mol. The highest BCUT2D eigenvalue weighted by Crippen LogP contribution is 2.43. The average Bonchev–Trinajstić information content (AvgIpc) is 2.92. The van der Waals surface area contributed by atoms with Crippen molar-refractivity contribution in [1.82, 2.24) is 25.8 Å². The number of nitrogens with one attached hydrogen (secondary N) is 3. The molecule has 0 radical (unpaired) electrons. The van der Waals surface area contributed by atoms with Crippen molar-refractivity contribution in [2.24, 2.45) is 5.41 Å². The minimum absolute atomic E-state index is 0.675. The lowest BCUT2D eigenvalue weighted by Crippen LogP contribution is -2.43. The van der Waals surface area contributed by atoms with Crippen LogP contribution >= 0.6 is 11.8 Å². The van der Waals surface area contributed by atoms with Crippen LogP contribution in [0.25, 0.3) is 0 Å². The molecule has 1 saturated heterocycles. The van der Waals surface area contributed by atoms with Gasteiger partial charge in [-0.05, 0) is 64.0 Å². The van der Waals surface area contributed by atoms with Crippen LogP contribution in [-0.2, 0) is 0 Å². The molecule has 21 heavy (non-hydrogen) atoms. The number of aromatic nitrogens is 3. The maximum atomic E-state index is 4.31. The molecular formula is C15H27N5S. The number of nitrogens with zero attached hydrogens (tertiary/aromatic N) is 2. The third-order valence-electron chi connectivity index (χ3n) is 5.05. The number of piperidine rings is 1. The highest BCUT2D eigenvalue weighted by molar-refractivity contribution is 7.99. The van der Waals surface area contributed by atoms with Gasteiger partial charge in [-0.2, -0.15) is 0 Å². The predicted octanol–water partition coefficient (Wildman–Crippen LogP) is 2.11. The highest BCUT2D eigenvalue weighted by atomic mass is 32.2. The van der Waals surface area contributed by atoms with E-state index in [1.807, 2.05) is 6.92 Å². The highest BCUT2D eigenvalue weighted by Gasteiger charge is 2.35. The molecule has 2 heterocycles. The van der Waals surface area contributed by atoms with E-state index in [1.54, 1.807) is 11.8 Å². The number of hydrogen-bond acceptors (Lipinski definition) is 5. The van der Waals surface area contributed by atoms with Crippen LogP contribution in [0.5, 0.6) is 0 Å². The largest absolute Gasteiger partial charge is 0.317 e. The van der Waals surface area contributed by atoms with Crippen molar-refractivity contribution in [3.63, 3.8) is 0 Å². The molecule has 118 valence electrons. The van der Waals surface area contributed by atoms with E-state index in [2.05, 4.69) is 25.8 Å². The van der Waals surface area contributed by atoms with Crippen LogP contribution in [0.15, 0.2) is 5.16 Å². The Morgan fingerprint density at radius 2 is 2.00 bits per heavy atom. The van der Waals surface area contributed by atoms with E-state index in [0.29, 0.717) is 5.41 Å². The summed E-state index contributed by atoms with van der Waals surface area (Å²) in [5.41, 5.74) is 0.675. The molecule has 2 fully saturated rings. The molecule has 1 aromatic rings. The quantitative estimate of drug-likeness (QED) is 0.574. The fourth-order valence-corrected chi connectivity index (χ4v) is 4.40. The van der Waals surface area contributed by atoms with Crippen LogP contribution in [0.2, 0.25) is 0 Å². The normalized spacial score (nSPS) is 22.7. The molecular weight excluding hydrogens is 282 g/mol. The van der Waals surface area contributed by atoms with Crippen molar-refractivity contribution in [3.05, 3.63) is 5.82 Å². The Labute approximate surface area is 131 Å². The Bertz CT molecular complexity index is 431. The molecule has 0 amide bonds. The van der Waals surface area contributed by atoms with Gasteiger partial charge in [0.15, 0.2) is 0 Å². The Morgan fingerprint density at radius 3 is 2.67 bits per heavy atom. The molecule has 3 rings (SSSR count). The fourth-order valence-electron chi connectivity index (χ4n) is 3.68. The van der Waals surface area contributed by atoms with Gasteiger partial charge in [-0.3, -0.25) is 5.10 Å². The third-order valence-corrected chi connectivity index (χ3v) is 5.90. The zero-order valence-electron chi connectivity index (χ0n) is 13.0. The SMILES string of the molecule is Cc1nc(SCCNC2CCC3(CCNCC3)CC2)n[nH]1. The summed E-state index contributed by atoms with van der Waals surface area (Å²) in [7, 11) is 0. The summed E-state index contributed by atoms with van der Waals surface area (Å²) in [6, 6.07) is 0.722. The number of aryl methyl sites for hydroxylation is 1. The van der Waals surface area contributed by atoms with E-state index in [4.69, 9.17) is 0 Å². The third kappa shape index (κ3) is 4.20. The van der Waals surface area contributed by atoms with Gasteiger partial charge in [0.25, 0.3) is 0 Å². The van der Waals surface area contributed by atoms with E-state index in [-0.39, 0.29) is 0 Å². The van der Waals surface area contributed by atoms with E-state index < -0.39 is 0 Å². The second kappa shape index (κ2) is 7.11. The van der Waals surface area contributed by atoms with Gasteiger partial charge >= 0.3 is 0 Å². The first-order valence-electron chi connectivity index (χ1n) is 8.22. The summed E-state index contributed by atoms with van der Waals surface area (Å²) in [5, 5.41) is 15.1. The van der Waals surface area contributed by atoms with E-state index >= 15 is 0 Å². The molecule has 2 aliphatic rings. The lowest BCUT2D eigenvalue weighted by atomic mass is 9.67. The molecule has 1 saturated carbocycles. The lowest BCUT2D eigenvalue weighted by Gasteiger charge is -2.43. The minimum Gasteiger partial charge on any atom is -0.317 e. The second-order valence-corrected chi connectivity index (χ2v) is 7.59. The lowest BCUT2D eigenvalue weighted by molar-refractivity contribution is 0.116. The maximum absolute atomic E-state index is 4.31. The summed E-state index contributed by atoms with van der Waals surface area (Å²) in [4.78, 5) is 4.31. The average molecular weight is 309 g/mol. The summed E-state index contributed by atoms with van der Waals surface area (Å²) in [6.07, 6.45) is 8.31. The van der Waals surface area contributed by atoms with Crippen LogP contribution in [0.1, 0.15) is 44.3 Å². The molecule has 0 bridgehead atoms. The van der Waals surface area contributed by atoms with Crippen molar-refractivity contribution in [3.8, 4) is 0 Å². The first kappa shape index (κ1) is 15.3. The van der Waals surface area contributed by atoms with Gasteiger partial charge in [-0.1, -0.05) is 11.8 Å². The van der Waals surface area contributed by atoms with Crippen LogP contribution < -0.4 is 10.6 Å². The first-order valence-corrected chi connectivity index (χ1v) is 9.20. The van der Waals surface area contributed by atoms with Crippen molar-refractivity contribution >= 4 is 11.8 Å². The zero-order valence-corrected chi connectivity index (χ0v) is 13.8. The van der Waals surface area contributed by atoms with Crippen LogP contribution in [-0.4, -0.2) is 46.6 Å². The molecule has 3 N–H and O–H groups in total. The number of rotatable bonds is 5. The smallest absolute Gasteiger partial charge is 0.208 e. The van der Waals surface area contributed by atoms with Gasteiger partial charge in [0.1, 0.15) is 5.82 Å². The molecule has 0 atom stereocenters. The summed E-state index contributed by atoms with van der Waals surface area (Å²) in [6.45, 7) is 5.45. The number of aromatic amines is 1. The molecule has 1 aromatic heterocycles. The fraction of sp³-hybridized carbons (Fsp3) is 0.867. The topological polar surface area (TPSA) is 65.6 Å². The van der Waals surface area contributed by atoms with E-state index in [0.717, 1.165) is 29.3 Å². The van der Waals surface area contributed by atoms with E-state index in [9.17, 15) is 0 Å². The van der Waals surface area contributed by atoms with Gasteiger partial charge in [0, 0.05) is 18.3 Å². The van der Waals surface area contributed by atoms with E-state index in [1.165, 1.54) is 51.6 Å². The number of H-pyrrole nitrogens is 1. The Kier molecular flexibility index (Phi) is 5.19. The maximum Gasteiger partial charge on any atom is 0.208 e. The number of hydrogen-bond donors (Lipinski definition) is 3. The predicted molar refractivity (Wildman–Crippen MR) is 86.6 cm³/mol. The summed E-state index contributed by atoms with van der Waals surface area (Å²) in [5.74, 6) is 1.94. The second-order valence-electron chi connectivity index (χ2n) is 6.53. The van der Waals surface area contributed by atoms with Crippen molar-refractivity contribution in [2.75, 3.05) is 25.4 Å². The molecule has 1 spiro atoms. The van der Waals surface area contributed by atoms with Crippen molar-refractivity contribution in [2.45, 2.75) is 56.6 Å². The Hall–Kier alpha value is -0.590. The Morgan fingerprint density at radius 1 is 1.24 bits per heavy atom. The van der Waals surface area contributed by atoms with Crippen LogP contribution in [0.3, 0.4) is 0 Å². The van der Waals surface area contributed by atoms with Gasteiger partial charge in [-0.25, -0.2) is 4.98 Å². The van der Waals surface area contributed by atoms with Gasteiger partial charge in [0.05, 0.1) is 0 Å². The van der Waals surface area contributed by atoms with Gasteiger partial charge in [0.2, 0.25) is 5.16 Å². The molecule has 0 aromatic carbocycles.